The zero-order valence-corrected chi connectivity index (χ0v) is 19.0. The quantitative estimate of drug-likeness (QED) is 0.534. The van der Waals surface area contributed by atoms with Crippen molar-refractivity contribution in [2.75, 3.05) is 25.0 Å². The van der Waals surface area contributed by atoms with Crippen LogP contribution in [0.5, 0.6) is 0 Å². The number of hydrogen-bond acceptors (Lipinski definition) is 4. The van der Waals surface area contributed by atoms with E-state index in [0.717, 1.165) is 40.2 Å². The summed E-state index contributed by atoms with van der Waals surface area (Å²) in [6, 6.07) is 17.5. The fourth-order valence-corrected chi connectivity index (χ4v) is 5.78. The molecular formula is C25H28N4O2S. The molecule has 4 heterocycles. The lowest BCUT2D eigenvalue weighted by Crippen LogP contribution is -2.57. The summed E-state index contributed by atoms with van der Waals surface area (Å²) < 4.78 is 0.984. The molecule has 1 unspecified atom stereocenters. The third-order valence-corrected chi connectivity index (χ3v) is 7.72. The van der Waals surface area contributed by atoms with Crippen LogP contribution in [-0.2, 0) is 0 Å². The first-order valence-corrected chi connectivity index (χ1v) is 12.1. The van der Waals surface area contributed by atoms with Gasteiger partial charge in [-0.15, -0.1) is 11.3 Å². The summed E-state index contributed by atoms with van der Waals surface area (Å²) in [7, 11) is 0. The van der Waals surface area contributed by atoms with Crippen LogP contribution in [0, 0.1) is 5.92 Å². The molecule has 166 valence electrons. The average molecular weight is 449 g/mol. The molecule has 0 aliphatic carbocycles. The van der Waals surface area contributed by atoms with Crippen molar-refractivity contribution in [1.29, 1.82) is 0 Å². The number of amides is 3. The number of urea groups is 1. The Balaban J connectivity index is 1.23. The smallest absolute Gasteiger partial charge is 0.319 e. The van der Waals surface area contributed by atoms with E-state index in [1.54, 1.807) is 0 Å². The number of fused-ring (bicyclic) bond motifs is 4. The van der Waals surface area contributed by atoms with E-state index in [-0.39, 0.29) is 24.0 Å². The maximum Gasteiger partial charge on any atom is 0.319 e. The highest BCUT2D eigenvalue weighted by atomic mass is 32.1. The Morgan fingerprint density at radius 2 is 1.84 bits per heavy atom. The van der Waals surface area contributed by atoms with Crippen LogP contribution in [0.25, 0.3) is 10.1 Å². The van der Waals surface area contributed by atoms with Crippen LogP contribution in [0.2, 0.25) is 0 Å². The van der Waals surface area contributed by atoms with Crippen molar-refractivity contribution in [1.82, 2.24) is 15.5 Å². The van der Waals surface area contributed by atoms with Gasteiger partial charge in [0.25, 0.3) is 5.91 Å². The summed E-state index contributed by atoms with van der Waals surface area (Å²) in [5.41, 5.74) is 1.76. The molecule has 3 amide bonds. The number of anilines is 1. The second-order valence-electron chi connectivity index (χ2n) is 8.81. The van der Waals surface area contributed by atoms with E-state index in [1.165, 1.54) is 24.2 Å². The van der Waals surface area contributed by atoms with Gasteiger partial charge in [-0.2, -0.15) is 0 Å². The minimum absolute atomic E-state index is 0.00823. The second-order valence-corrected chi connectivity index (χ2v) is 9.90. The Bertz CT molecular complexity index is 1120. The number of benzene rings is 2. The molecule has 1 aromatic heterocycles. The van der Waals surface area contributed by atoms with E-state index in [2.05, 4.69) is 20.9 Å². The lowest BCUT2D eigenvalue weighted by atomic mass is 9.84. The molecule has 0 saturated carbocycles. The van der Waals surface area contributed by atoms with Gasteiger partial charge in [-0.1, -0.05) is 36.4 Å². The molecule has 2 bridgehead atoms. The van der Waals surface area contributed by atoms with Crippen LogP contribution in [0.3, 0.4) is 0 Å². The first-order valence-electron chi connectivity index (χ1n) is 11.2. The fraction of sp³-hybridized carbons (Fsp3) is 0.360. The fourth-order valence-electron chi connectivity index (χ4n) is 4.78. The van der Waals surface area contributed by atoms with Gasteiger partial charge < -0.3 is 20.9 Å². The van der Waals surface area contributed by atoms with Gasteiger partial charge in [0.2, 0.25) is 0 Å². The van der Waals surface area contributed by atoms with Crippen LogP contribution in [0.1, 0.15) is 41.0 Å². The summed E-state index contributed by atoms with van der Waals surface area (Å²) in [5, 5.41) is 10.1. The normalized spacial score (nSPS) is 23.0. The summed E-state index contributed by atoms with van der Waals surface area (Å²) in [4.78, 5) is 28.5. The average Bonchev–Trinajstić information content (AvgIpc) is 3.24. The number of carbonyl (C=O) groups excluding carboxylic acids is 2. The van der Waals surface area contributed by atoms with Crippen molar-refractivity contribution in [3.05, 3.63) is 65.0 Å². The Labute approximate surface area is 192 Å². The maximum absolute atomic E-state index is 12.9. The third-order valence-electron chi connectivity index (χ3n) is 6.62. The second kappa shape index (κ2) is 8.92. The molecule has 3 aliphatic rings. The molecule has 2 atom stereocenters. The first-order chi connectivity index (χ1) is 15.5. The molecule has 6 nitrogen and oxygen atoms in total. The van der Waals surface area contributed by atoms with Crippen LogP contribution in [0.15, 0.2) is 54.6 Å². The summed E-state index contributed by atoms with van der Waals surface area (Å²) in [5.74, 6) is 0.611. The first kappa shape index (κ1) is 21.0. The highest BCUT2D eigenvalue weighted by Crippen LogP contribution is 2.30. The minimum Gasteiger partial charge on any atom is -0.347 e. The minimum atomic E-state index is -0.252. The van der Waals surface area contributed by atoms with Crippen molar-refractivity contribution in [3.8, 4) is 0 Å². The van der Waals surface area contributed by atoms with Crippen molar-refractivity contribution in [2.45, 2.75) is 31.8 Å². The van der Waals surface area contributed by atoms with Crippen LogP contribution < -0.4 is 16.0 Å². The zero-order chi connectivity index (χ0) is 22.1. The van der Waals surface area contributed by atoms with Crippen molar-refractivity contribution >= 4 is 39.0 Å². The van der Waals surface area contributed by atoms with Gasteiger partial charge in [0, 0.05) is 23.0 Å². The highest BCUT2D eigenvalue weighted by Gasteiger charge is 2.35. The summed E-state index contributed by atoms with van der Waals surface area (Å²) >= 11 is 1.47. The predicted octanol–water partition coefficient (Wildman–Crippen LogP) is 4.61. The molecular weight excluding hydrogens is 420 g/mol. The van der Waals surface area contributed by atoms with Gasteiger partial charge in [0.15, 0.2) is 0 Å². The van der Waals surface area contributed by atoms with Gasteiger partial charge in [0.1, 0.15) is 0 Å². The van der Waals surface area contributed by atoms with Gasteiger partial charge in [-0.3, -0.25) is 4.79 Å². The van der Waals surface area contributed by atoms with E-state index in [1.807, 2.05) is 61.5 Å². The highest BCUT2D eigenvalue weighted by molar-refractivity contribution is 7.20. The summed E-state index contributed by atoms with van der Waals surface area (Å²) in [6.07, 6.45) is 2.36. The number of carbonyl (C=O) groups is 2. The molecule has 7 heteroatoms. The van der Waals surface area contributed by atoms with Crippen LogP contribution in [0.4, 0.5) is 10.5 Å². The number of thiophene rings is 1. The Kier molecular flexibility index (Phi) is 5.85. The molecule has 32 heavy (non-hydrogen) atoms. The van der Waals surface area contributed by atoms with E-state index in [0.29, 0.717) is 11.6 Å². The lowest BCUT2D eigenvalue weighted by Gasteiger charge is -2.44. The van der Waals surface area contributed by atoms with Crippen molar-refractivity contribution < 1.29 is 9.59 Å². The number of nitrogens with zero attached hydrogens (tertiary/aromatic N) is 1. The molecule has 0 spiro atoms. The summed E-state index contributed by atoms with van der Waals surface area (Å²) in [6.45, 7) is 5.24. The Hall–Kier alpha value is -2.90. The van der Waals surface area contributed by atoms with E-state index in [9.17, 15) is 9.59 Å². The number of nitrogens with one attached hydrogen (secondary N) is 3. The van der Waals surface area contributed by atoms with Crippen LogP contribution in [-0.4, -0.2) is 42.5 Å². The molecule has 6 rings (SSSR count). The van der Waals surface area contributed by atoms with E-state index in [4.69, 9.17) is 0 Å². The largest absolute Gasteiger partial charge is 0.347 e. The maximum atomic E-state index is 12.9. The third kappa shape index (κ3) is 4.49. The Morgan fingerprint density at radius 3 is 2.56 bits per heavy atom. The topological polar surface area (TPSA) is 73.5 Å². The predicted molar refractivity (Wildman–Crippen MR) is 129 cm³/mol. The molecule has 2 aromatic carbocycles. The molecule has 3 aliphatic heterocycles. The molecule has 3 fully saturated rings. The molecule has 3 saturated heterocycles. The van der Waals surface area contributed by atoms with E-state index >= 15 is 0 Å². The molecule has 3 N–H and O–H groups in total. The number of rotatable bonds is 5. The lowest BCUT2D eigenvalue weighted by molar-refractivity contribution is 0.0622. The van der Waals surface area contributed by atoms with Crippen LogP contribution >= 0.6 is 11.3 Å². The van der Waals surface area contributed by atoms with Gasteiger partial charge in [0.05, 0.1) is 10.9 Å². The Morgan fingerprint density at radius 1 is 1.06 bits per heavy atom. The molecule has 0 radical (unpaired) electrons. The van der Waals surface area contributed by atoms with Gasteiger partial charge in [-0.25, -0.2) is 4.79 Å². The van der Waals surface area contributed by atoms with E-state index < -0.39 is 0 Å². The van der Waals surface area contributed by atoms with Crippen molar-refractivity contribution in [3.63, 3.8) is 0 Å². The number of hydrogen-bond donors (Lipinski definition) is 3. The SMILES string of the molecule is C[C@H](NC(=O)Nc1ccc2cc(C(=O)NC3CN4CCC3CC4)sc2c1)c1ccccc1. The standard InChI is InChI=1S/C25H28N4O2S/c1-16(17-5-3-2-4-6-17)26-25(31)27-20-8-7-19-13-23(32-22(19)14-20)24(30)28-21-15-29-11-9-18(21)10-12-29/h2-8,13-14,16,18,21H,9-12,15H2,1H3,(H,28,30)(H2,26,27,31)/t16-,21?/m0/s1. The zero-order valence-electron chi connectivity index (χ0n) is 18.1. The molecule has 3 aromatic rings. The van der Waals surface area contributed by atoms with Crippen molar-refractivity contribution in [2.24, 2.45) is 5.92 Å². The monoisotopic (exact) mass is 448 g/mol. The van der Waals surface area contributed by atoms with Gasteiger partial charge >= 0.3 is 6.03 Å². The van der Waals surface area contributed by atoms with Gasteiger partial charge in [-0.05, 0) is 67.9 Å². The number of piperidine rings is 3.